The molecular formula is C22H30FN5O3S. The summed E-state index contributed by atoms with van der Waals surface area (Å²) in [5.74, 6) is 0.532. The van der Waals surface area contributed by atoms with Crippen LogP contribution in [0.25, 0.3) is 11.4 Å². The Labute approximate surface area is 188 Å². The van der Waals surface area contributed by atoms with E-state index in [-0.39, 0.29) is 17.2 Å². The van der Waals surface area contributed by atoms with E-state index in [2.05, 4.69) is 15.5 Å². The van der Waals surface area contributed by atoms with E-state index >= 15 is 0 Å². The molecule has 0 aliphatic carbocycles. The van der Waals surface area contributed by atoms with Crippen LogP contribution in [0.2, 0.25) is 0 Å². The fourth-order valence-electron chi connectivity index (χ4n) is 4.46. The van der Waals surface area contributed by atoms with Crippen LogP contribution in [0.15, 0.2) is 18.2 Å². The molecule has 0 radical (unpaired) electrons. The molecule has 174 valence electrons. The van der Waals surface area contributed by atoms with Crippen molar-refractivity contribution in [3.63, 3.8) is 0 Å². The Morgan fingerprint density at radius 1 is 1.19 bits per heavy atom. The molecule has 1 atom stereocenters. The molecule has 1 aromatic carbocycles. The number of aryl methyl sites for hydroxylation is 1. The quantitative estimate of drug-likeness (QED) is 0.679. The highest BCUT2D eigenvalue weighted by Crippen LogP contribution is 2.29. The maximum atomic E-state index is 14.7. The molecule has 1 fully saturated rings. The average molecular weight is 464 g/mol. The van der Waals surface area contributed by atoms with Gasteiger partial charge in [0.05, 0.1) is 11.3 Å². The number of unbranched alkanes of at least 4 members (excludes halogenated alkanes) is 1. The summed E-state index contributed by atoms with van der Waals surface area (Å²) in [6.45, 7) is 3.02. The fraction of sp³-hybridized carbons (Fsp3) is 0.591. The lowest BCUT2D eigenvalue weighted by atomic mass is 10.1. The highest BCUT2D eigenvalue weighted by atomic mass is 32.2. The number of aromatic nitrogens is 3. The second kappa shape index (κ2) is 9.66. The summed E-state index contributed by atoms with van der Waals surface area (Å²) in [5, 5.41) is 11.2. The van der Waals surface area contributed by atoms with Crippen molar-refractivity contribution in [3.8, 4) is 11.4 Å². The van der Waals surface area contributed by atoms with Gasteiger partial charge in [0.2, 0.25) is 15.9 Å². The van der Waals surface area contributed by atoms with Crippen molar-refractivity contribution < 1.29 is 17.6 Å². The Balaban J connectivity index is 1.55. The van der Waals surface area contributed by atoms with Gasteiger partial charge in [-0.15, -0.1) is 10.2 Å². The number of sulfonamides is 1. The van der Waals surface area contributed by atoms with E-state index in [9.17, 15) is 17.6 Å². The van der Waals surface area contributed by atoms with Gasteiger partial charge in [-0.3, -0.25) is 4.79 Å². The van der Waals surface area contributed by atoms with E-state index in [0.717, 1.165) is 44.5 Å². The molecule has 1 N–H and O–H groups in total. The van der Waals surface area contributed by atoms with Crippen LogP contribution in [-0.2, 0) is 27.8 Å². The Kier molecular flexibility index (Phi) is 6.90. The summed E-state index contributed by atoms with van der Waals surface area (Å²) in [6, 6.07) is 3.60. The first-order chi connectivity index (χ1) is 15.4. The summed E-state index contributed by atoms with van der Waals surface area (Å²) >= 11 is 0. The number of carbonyl (C=O) groups excluding carboxylic acids is 1. The highest BCUT2D eigenvalue weighted by Gasteiger charge is 2.38. The Morgan fingerprint density at radius 2 is 2.03 bits per heavy atom. The minimum absolute atomic E-state index is 0.0476. The zero-order valence-corrected chi connectivity index (χ0v) is 19.2. The zero-order valence-electron chi connectivity index (χ0n) is 18.4. The molecule has 8 nitrogen and oxygen atoms in total. The third-order valence-corrected chi connectivity index (χ3v) is 8.16. The molecule has 2 aliphatic heterocycles. The second-order valence-corrected chi connectivity index (χ2v) is 10.6. The van der Waals surface area contributed by atoms with E-state index in [1.54, 1.807) is 6.07 Å². The normalized spacial score (nSPS) is 19.5. The number of hydrogen-bond acceptors (Lipinski definition) is 5. The number of amides is 1. The molecule has 10 heteroatoms. The standard InChI is InChI=1S/C22H30FN5O3S/c1-2-3-14-32(30,31)28-13-7-8-19(28)22(29)24-16-10-11-18(23)17(15-16)21-26-25-20-9-5-4-6-12-27(20)21/h10-11,15,19H,2-9,12-14H2,1H3,(H,24,29). The minimum atomic E-state index is -3.48. The van der Waals surface area contributed by atoms with Crippen molar-refractivity contribution in [2.24, 2.45) is 0 Å². The van der Waals surface area contributed by atoms with Gasteiger partial charge in [0.1, 0.15) is 17.7 Å². The molecule has 1 aromatic heterocycles. The molecular weight excluding hydrogens is 433 g/mol. The van der Waals surface area contributed by atoms with E-state index in [1.807, 2.05) is 11.5 Å². The summed E-state index contributed by atoms with van der Waals surface area (Å²) in [5.41, 5.74) is 0.692. The predicted molar refractivity (Wildman–Crippen MR) is 120 cm³/mol. The third kappa shape index (κ3) is 4.71. The van der Waals surface area contributed by atoms with Crippen molar-refractivity contribution in [1.29, 1.82) is 0 Å². The van der Waals surface area contributed by atoms with Gasteiger partial charge in [-0.2, -0.15) is 4.31 Å². The van der Waals surface area contributed by atoms with Crippen LogP contribution in [0.1, 0.15) is 57.7 Å². The summed E-state index contributed by atoms with van der Waals surface area (Å²) in [6.07, 6.45) is 6.39. The maximum Gasteiger partial charge on any atom is 0.242 e. The van der Waals surface area contributed by atoms with Crippen molar-refractivity contribution in [2.75, 3.05) is 17.6 Å². The number of rotatable bonds is 7. The lowest BCUT2D eigenvalue weighted by Crippen LogP contribution is -2.44. The molecule has 3 heterocycles. The van der Waals surface area contributed by atoms with Crippen LogP contribution < -0.4 is 5.32 Å². The van der Waals surface area contributed by atoms with Crippen molar-refractivity contribution in [2.45, 2.75) is 70.9 Å². The average Bonchev–Trinajstić information content (AvgIpc) is 3.36. The molecule has 32 heavy (non-hydrogen) atoms. The molecule has 1 unspecified atom stereocenters. The topological polar surface area (TPSA) is 97.2 Å². The molecule has 0 saturated carbocycles. The Morgan fingerprint density at radius 3 is 2.84 bits per heavy atom. The fourth-order valence-corrected chi connectivity index (χ4v) is 6.35. The molecule has 0 spiro atoms. The smallest absolute Gasteiger partial charge is 0.242 e. The van der Waals surface area contributed by atoms with Crippen LogP contribution in [0.3, 0.4) is 0 Å². The minimum Gasteiger partial charge on any atom is -0.325 e. The van der Waals surface area contributed by atoms with Crippen LogP contribution in [-0.4, -0.2) is 51.7 Å². The molecule has 1 amide bonds. The molecule has 1 saturated heterocycles. The van der Waals surface area contributed by atoms with Crippen molar-refractivity contribution >= 4 is 21.6 Å². The number of carbonyl (C=O) groups is 1. The molecule has 2 aliphatic rings. The van der Waals surface area contributed by atoms with Gasteiger partial charge in [-0.25, -0.2) is 12.8 Å². The first-order valence-electron chi connectivity index (χ1n) is 11.4. The number of nitrogens with zero attached hydrogens (tertiary/aromatic N) is 4. The highest BCUT2D eigenvalue weighted by molar-refractivity contribution is 7.89. The van der Waals surface area contributed by atoms with Crippen LogP contribution in [0.4, 0.5) is 10.1 Å². The first kappa shape index (κ1) is 22.8. The number of hydrogen-bond donors (Lipinski definition) is 1. The first-order valence-corrected chi connectivity index (χ1v) is 13.0. The van der Waals surface area contributed by atoms with Gasteiger partial charge in [-0.05, 0) is 50.3 Å². The van der Waals surface area contributed by atoms with Gasteiger partial charge < -0.3 is 9.88 Å². The summed E-state index contributed by atoms with van der Waals surface area (Å²) in [7, 11) is -3.48. The summed E-state index contributed by atoms with van der Waals surface area (Å²) < 4.78 is 43.3. The van der Waals surface area contributed by atoms with Crippen LogP contribution >= 0.6 is 0 Å². The number of fused-ring (bicyclic) bond motifs is 1. The Bertz CT molecular complexity index is 1090. The van der Waals surface area contributed by atoms with Crippen LogP contribution in [0, 0.1) is 5.82 Å². The van der Waals surface area contributed by atoms with E-state index in [1.165, 1.54) is 16.4 Å². The van der Waals surface area contributed by atoms with E-state index in [4.69, 9.17) is 0 Å². The zero-order chi connectivity index (χ0) is 22.7. The predicted octanol–water partition coefficient (Wildman–Crippen LogP) is 3.34. The largest absolute Gasteiger partial charge is 0.325 e. The third-order valence-electron chi connectivity index (χ3n) is 6.20. The van der Waals surface area contributed by atoms with Crippen molar-refractivity contribution in [1.82, 2.24) is 19.1 Å². The lowest BCUT2D eigenvalue weighted by Gasteiger charge is -2.23. The van der Waals surface area contributed by atoms with Gasteiger partial charge in [0, 0.05) is 25.2 Å². The number of nitrogens with one attached hydrogen (secondary N) is 1. The molecule has 0 bridgehead atoms. The number of halogens is 1. The lowest BCUT2D eigenvalue weighted by molar-refractivity contribution is -0.119. The molecule has 4 rings (SSSR count). The van der Waals surface area contributed by atoms with Gasteiger partial charge >= 0.3 is 0 Å². The van der Waals surface area contributed by atoms with Crippen LogP contribution in [0.5, 0.6) is 0 Å². The van der Waals surface area contributed by atoms with E-state index < -0.39 is 21.9 Å². The monoisotopic (exact) mass is 463 g/mol. The van der Waals surface area contributed by atoms with Gasteiger partial charge in [0.25, 0.3) is 0 Å². The Hall–Kier alpha value is -2.33. The van der Waals surface area contributed by atoms with E-state index in [0.29, 0.717) is 37.3 Å². The van der Waals surface area contributed by atoms with Gasteiger partial charge in [-0.1, -0.05) is 19.8 Å². The van der Waals surface area contributed by atoms with Gasteiger partial charge in [0.15, 0.2) is 5.82 Å². The maximum absolute atomic E-state index is 14.7. The number of benzene rings is 1. The summed E-state index contributed by atoms with van der Waals surface area (Å²) in [4.78, 5) is 13.0. The second-order valence-electron chi connectivity index (χ2n) is 8.52. The number of anilines is 1. The molecule has 2 aromatic rings. The SMILES string of the molecule is CCCCS(=O)(=O)N1CCCC1C(=O)Nc1ccc(F)c(-c2nnc3n2CCCCC3)c1. The van der Waals surface area contributed by atoms with Crippen molar-refractivity contribution in [3.05, 3.63) is 29.8 Å².